The zero-order valence-corrected chi connectivity index (χ0v) is 4.74. The van der Waals surface area contributed by atoms with Crippen LogP contribution in [0.4, 0.5) is 0 Å². The Balaban J connectivity index is 2.71. The third-order valence-corrected chi connectivity index (χ3v) is 0.894. The number of nitrogens with zero attached hydrogens (tertiary/aromatic N) is 1. The summed E-state index contributed by atoms with van der Waals surface area (Å²) in [7, 11) is 0. The molecule has 0 spiro atoms. The molecule has 0 saturated heterocycles. The molecule has 1 heterocycles. The molecule has 2 nitrogen and oxygen atoms in total. The lowest BCUT2D eigenvalue weighted by molar-refractivity contribution is 0.567. The van der Waals surface area contributed by atoms with E-state index in [0.29, 0.717) is 0 Å². The molecule has 1 aromatic rings. The average Bonchev–Trinajstić information content (AvgIpc) is 2.34. The van der Waals surface area contributed by atoms with E-state index in [9.17, 15) is 0 Å². The molecule has 1 aromatic heterocycles. The molecule has 1 rings (SSSR count). The van der Waals surface area contributed by atoms with Gasteiger partial charge < -0.3 is 4.42 Å². The summed E-state index contributed by atoms with van der Waals surface area (Å²) in [6.45, 7) is 0. The highest BCUT2D eigenvalue weighted by Crippen LogP contribution is 2.00. The normalized spacial score (nSPS) is 9.67. The highest BCUT2D eigenvalue weighted by molar-refractivity contribution is 5.49. The molecule has 9 heavy (non-hydrogen) atoms. The Hall–Kier alpha value is -1.49. The zero-order chi connectivity index (χ0) is 6.53. The maximum atomic E-state index is 8.10. The molecule has 0 aromatic carbocycles. The first kappa shape index (κ1) is 5.64. The molecule has 0 fully saturated rings. The molecule has 0 aliphatic carbocycles. The van der Waals surface area contributed by atoms with Gasteiger partial charge in [0.2, 0.25) is 0 Å². The van der Waals surface area contributed by atoms with E-state index in [0.717, 1.165) is 5.56 Å². The van der Waals surface area contributed by atoms with Crippen LogP contribution >= 0.6 is 0 Å². The Labute approximate surface area is 53.0 Å². The van der Waals surface area contributed by atoms with E-state index >= 15 is 0 Å². The van der Waals surface area contributed by atoms with Crippen molar-refractivity contribution in [3.05, 3.63) is 30.2 Å². The van der Waals surface area contributed by atoms with Gasteiger partial charge in [0.25, 0.3) is 0 Å². The zero-order valence-electron chi connectivity index (χ0n) is 4.74. The molecule has 0 unspecified atom stereocenters. The minimum atomic E-state index is 0.913. The quantitative estimate of drug-likeness (QED) is 0.528. The van der Waals surface area contributed by atoms with Gasteiger partial charge in [-0.1, -0.05) is 0 Å². The van der Waals surface area contributed by atoms with Crippen LogP contribution in [0.5, 0.6) is 0 Å². The van der Waals surface area contributed by atoms with Crippen molar-refractivity contribution in [1.82, 2.24) is 0 Å². The molecular weight excluding hydrogens is 114 g/mol. The summed E-state index contributed by atoms with van der Waals surface area (Å²) in [5.74, 6) is 0. The summed E-state index contributed by atoms with van der Waals surface area (Å²) in [5, 5.41) is 8.10. The summed E-state index contributed by atoms with van der Waals surface area (Å²) in [5.41, 5.74) is 0.913. The van der Waals surface area contributed by atoms with Gasteiger partial charge in [-0.05, 0) is 12.1 Å². The SMILES string of the molecule is N#CC=Cc1ccoc1. The Morgan fingerprint density at radius 3 is 3.11 bits per heavy atom. The molecule has 44 valence electrons. The van der Waals surface area contributed by atoms with Gasteiger partial charge in [0, 0.05) is 11.6 Å². The topological polar surface area (TPSA) is 36.9 Å². The van der Waals surface area contributed by atoms with Gasteiger partial charge in [0.1, 0.15) is 0 Å². The highest BCUT2D eigenvalue weighted by Gasteiger charge is 1.82. The van der Waals surface area contributed by atoms with Crippen LogP contribution in [0.2, 0.25) is 0 Å². The van der Waals surface area contributed by atoms with Crippen LogP contribution in [-0.4, -0.2) is 0 Å². The van der Waals surface area contributed by atoms with Crippen molar-refractivity contribution in [3.8, 4) is 6.07 Å². The fourth-order valence-electron chi connectivity index (χ4n) is 0.503. The van der Waals surface area contributed by atoms with Crippen LogP contribution in [0, 0.1) is 11.3 Å². The first-order valence-electron chi connectivity index (χ1n) is 2.52. The van der Waals surface area contributed by atoms with Crippen molar-refractivity contribution < 1.29 is 4.42 Å². The van der Waals surface area contributed by atoms with Gasteiger partial charge in [0.05, 0.1) is 18.6 Å². The third kappa shape index (κ3) is 1.46. The van der Waals surface area contributed by atoms with Crippen molar-refractivity contribution >= 4 is 6.08 Å². The minimum absolute atomic E-state index is 0.913. The summed E-state index contributed by atoms with van der Waals surface area (Å²) < 4.78 is 4.75. The van der Waals surface area contributed by atoms with Gasteiger partial charge in [-0.2, -0.15) is 5.26 Å². The first-order valence-corrected chi connectivity index (χ1v) is 2.52. The van der Waals surface area contributed by atoms with Crippen LogP contribution in [-0.2, 0) is 0 Å². The molecule has 0 saturated carbocycles. The van der Waals surface area contributed by atoms with Gasteiger partial charge in [-0.25, -0.2) is 0 Å². The molecule has 0 amide bonds. The largest absolute Gasteiger partial charge is 0.472 e. The minimum Gasteiger partial charge on any atom is -0.472 e. The van der Waals surface area contributed by atoms with Crippen LogP contribution in [0.1, 0.15) is 5.56 Å². The number of hydrogen-bond donors (Lipinski definition) is 0. The van der Waals surface area contributed by atoms with Gasteiger partial charge in [-0.15, -0.1) is 0 Å². The van der Waals surface area contributed by atoms with Gasteiger partial charge in [0.15, 0.2) is 0 Å². The van der Waals surface area contributed by atoms with Crippen molar-refractivity contribution in [2.24, 2.45) is 0 Å². The van der Waals surface area contributed by atoms with E-state index in [1.54, 1.807) is 24.7 Å². The molecule has 2 heteroatoms. The number of rotatable bonds is 1. The van der Waals surface area contributed by atoms with E-state index in [2.05, 4.69) is 0 Å². The molecule has 0 aliphatic heterocycles. The molecule has 0 radical (unpaired) electrons. The van der Waals surface area contributed by atoms with Crippen LogP contribution in [0.3, 0.4) is 0 Å². The van der Waals surface area contributed by atoms with Crippen LogP contribution in [0.15, 0.2) is 29.1 Å². The number of nitriles is 1. The van der Waals surface area contributed by atoms with Crippen LogP contribution < -0.4 is 0 Å². The Kier molecular flexibility index (Phi) is 1.71. The summed E-state index contributed by atoms with van der Waals surface area (Å²) >= 11 is 0. The monoisotopic (exact) mass is 119 g/mol. The standard InChI is InChI=1S/C7H5NO/c8-4-1-2-7-3-5-9-6-7/h1-3,5-6H. The third-order valence-electron chi connectivity index (χ3n) is 0.894. The molecule has 0 aliphatic rings. The van der Waals surface area contributed by atoms with E-state index in [1.165, 1.54) is 6.08 Å². The highest BCUT2D eigenvalue weighted by atomic mass is 16.3. The van der Waals surface area contributed by atoms with E-state index in [4.69, 9.17) is 9.68 Å². The maximum absolute atomic E-state index is 8.10. The fourth-order valence-corrected chi connectivity index (χ4v) is 0.503. The molecule has 0 N–H and O–H groups in total. The lowest BCUT2D eigenvalue weighted by Gasteiger charge is -1.72. The molecule has 0 atom stereocenters. The summed E-state index contributed by atoms with van der Waals surface area (Å²) in [6, 6.07) is 3.67. The van der Waals surface area contributed by atoms with Crippen LogP contribution in [0.25, 0.3) is 6.08 Å². The number of furan rings is 1. The predicted octanol–water partition coefficient (Wildman–Crippen LogP) is 1.82. The molecule has 0 bridgehead atoms. The first-order chi connectivity index (χ1) is 4.43. The smallest absolute Gasteiger partial charge is 0.0975 e. The van der Waals surface area contributed by atoms with Crippen molar-refractivity contribution in [2.45, 2.75) is 0 Å². The number of allylic oxidation sites excluding steroid dienone is 1. The second-order valence-corrected chi connectivity index (χ2v) is 1.52. The van der Waals surface area contributed by atoms with E-state index in [-0.39, 0.29) is 0 Å². The molecular formula is C7H5NO. The average molecular weight is 119 g/mol. The van der Waals surface area contributed by atoms with Crippen molar-refractivity contribution in [2.75, 3.05) is 0 Å². The van der Waals surface area contributed by atoms with E-state index < -0.39 is 0 Å². The second-order valence-electron chi connectivity index (χ2n) is 1.52. The van der Waals surface area contributed by atoms with Crippen molar-refractivity contribution in [1.29, 1.82) is 5.26 Å². The lowest BCUT2D eigenvalue weighted by atomic mass is 10.3. The Morgan fingerprint density at radius 2 is 2.56 bits per heavy atom. The van der Waals surface area contributed by atoms with Gasteiger partial charge in [-0.3, -0.25) is 0 Å². The predicted molar refractivity (Wildman–Crippen MR) is 33.4 cm³/mol. The Morgan fingerprint density at radius 1 is 1.67 bits per heavy atom. The second kappa shape index (κ2) is 2.73. The van der Waals surface area contributed by atoms with Crippen molar-refractivity contribution in [3.63, 3.8) is 0 Å². The number of hydrogen-bond acceptors (Lipinski definition) is 2. The Bertz CT molecular complexity index is 228. The fraction of sp³-hybridized carbons (Fsp3) is 0. The van der Waals surface area contributed by atoms with Gasteiger partial charge >= 0.3 is 0 Å². The summed E-state index contributed by atoms with van der Waals surface area (Å²) in [6.07, 6.45) is 6.24. The maximum Gasteiger partial charge on any atom is 0.0975 e. The summed E-state index contributed by atoms with van der Waals surface area (Å²) in [4.78, 5) is 0. The lowest BCUT2D eigenvalue weighted by Crippen LogP contribution is -1.55. The van der Waals surface area contributed by atoms with E-state index in [1.807, 2.05) is 6.07 Å².